The van der Waals surface area contributed by atoms with Crippen molar-refractivity contribution in [3.05, 3.63) is 23.8 Å². The number of nitrogens with one attached hydrogen (secondary N) is 1. The Kier molecular flexibility index (Phi) is 8.07. The summed E-state index contributed by atoms with van der Waals surface area (Å²) in [5.41, 5.74) is 1.21. The minimum absolute atomic E-state index is 0.311. The number of methoxy groups -OCH3 is 2. The van der Waals surface area contributed by atoms with Gasteiger partial charge in [0.05, 0.1) is 13.7 Å². The molecule has 0 saturated heterocycles. The van der Waals surface area contributed by atoms with Crippen LogP contribution in [0.3, 0.4) is 0 Å². The summed E-state index contributed by atoms with van der Waals surface area (Å²) >= 11 is 0. The summed E-state index contributed by atoms with van der Waals surface area (Å²) in [4.78, 5) is 0. The molecule has 1 aromatic rings. The van der Waals surface area contributed by atoms with Crippen LogP contribution >= 0.6 is 0 Å². The van der Waals surface area contributed by atoms with Gasteiger partial charge in [-0.3, -0.25) is 0 Å². The first-order chi connectivity index (χ1) is 9.72. The van der Waals surface area contributed by atoms with Crippen LogP contribution in [0.15, 0.2) is 18.2 Å². The van der Waals surface area contributed by atoms with Crippen molar-refractivity contribution in [1.82, 2.24) is 5.32 Å². The highest BCUT2D eigenvalue weighted by Gasteiger charge is 2.10. The van der Waals surface area contributed by atoms with Gasteiger partial charge in [0.15, 0.2) is 11.5 Å². The molecule has 20 heavy (non-hydrogen) atoms. The highest BCUT2D eigenvalue weighted by atomic mass is 16.5. The van der Waals surface area contributed by atoms with E-state index < -0.39 is 0 Å². The molecule has 0 spiro atoms. The SMILES string of the molecule is CCCNC(C)c1ccc(OCCCOC)c(OC)c1. The molecule has 0 aliphatic rings. The first-order valence-electron chi connectivity index (χ1n) is 7.26. The van der Waals surface area contributed by atoms with E-state index in [-0.39, 0.29) is 0 Å². The zero-order valence-electron chi connectivity index (χ0n) is 13.1. The summed E-state index contributed by atoms with van der Waals surface area (Å²) in [6, 6.07) is 6.41. The van der Waals surface area contributed by atoms with Crippen molar-refractivity contribution in [2.45, 2.75) is 32.7 Å². The maximum absolute atomic E-state index is 5.72. The van der Waals surface area contributed by atoms with Gasteiger partial charge < -0.3 is 19.5 Å². The lowest BCUT2D eigenvalue weighted by Gasteiger charge is -2.17. The van der Waals surface area contributed by atoms with Crippen molar-refractivity contribution in [1.29, 1.82) is 0 Å². The monoisotopic (exact) mass is 281 g/mol. The van der Waals surface area contributed by atoms with E-state index in [9.17, 15) is 0 Å². The average Bonchev–Trinajstić information content (AvgIpc) is 2.49. The molecule has 1 atom stereocenters. The Balaban J connectivity index is 2.64. The van der Waals surface area contributed by atoms with Crippen molar-refractivity contribution in [2.24, 2.45) is 0 Å². The van der Waals surface area contributed by atoms with Crippen LogP contribution in [0.4, 0.5) is 0 Å². The van der Waals surface area contributed by atoms with Gasteiger partial charge in [-0.25, -0.2) is 0 Å². The molecule has 0 bridgehead atoms. The van der Waals surface area contributed by atoms with Gasteiger partial charge in [0.1, 0.15) is 0 Å². The molecule has 1 N–H and O–H groups in total. The number of benzene rings is 1. The quantitative estimate of drug-likeness (QED) is 0.669. The maximum atomic E-state index is 5.72. The van der Waals surface area contributed by atoms with Gasteiger partial charge in [-0.15, -0.1) is 0 Å². The Morgan fingerprint density at radius 3 is 2.60 bits per heavy atom. The molecule has 1 unspecified atom stereocenters. The van der Waals surface area contributed by atoms with E-state index in [4.69, 9.17) is 14.2 Å². The third kappa shape index (κ3) is 5.39. The minimum Gasteiger partial charge on any atom is -0.493 e. The van der Waals surface area contributed by atoms with Gasteiger partial charge >= 0.3 is 0 Å². The van der Waals surface area contributed by atoms with Gasteiger partial charge in [-0.05, 0) is 37.6 Å². The van der Waals surface area contributed by atoms with Gasteiger partial charge in [0.2, 0.25) is 0 Å². The lowest BCUT2D eigenvalue weighted by atomic mass is 10.1. The average molecular weight is 281 g/mol. The highest BCUT2D eigenvalue weighted by molar-refractivity contribution is 5.43. The van der Waals surface area contributed by atoms with Crippen LogP contribution in [-0.2, 0) is 4.74 Å². The lowest BCUT2D eigenvalue weighted by Crippen LogP contribution is -2.19. The smallest absolute Gasteiger partial charge is 0.161 e. The summed E-state index contributed by atoms with van der Waals surface area (Å²) in [6.45, 7) is 6.67. The topological polar surface area (TPSA) is 39.7 Å². The number of ether oxygens (including phenoxy) is 3. The molecule has 4 heteroatoms. The summed E-state index contributed by atoms with van der Waals surface area (Å²) in [5, 5.41) is 3.47. The molecular formula is C16H27NO3. The van der Waals surface area contributed by atoms with Gasteiger partial charge in [-0.1, -0.05) is 13.0 Å². The van der Waals surface area contributed by atoms with Gasteiger partial charge in [0.25, 0.3) is 0 Å². The van der Waals surface area contributed by atoms with Crippen molar-refractivity contribution in [3.63, 3.8) is 0 Å². The Morgan fingerprint density at radius 2 is 1.95 bits per heavy atom. The number of hydrogen-bond acceptors (Lipinski definition) is 4. The van der Waals surface area contributed by atoms with E-state index >= 15 is 0 Å². The molecule has 1 rings (SSSR count). The zero-order valence-corrected chi connectivity index (χ0v) is 13.1. The molecule has 114 valence electrons. The molecule has 0 radical (unpaired) electrons. The largest absolute Gasteiger partial charge is 0.493 e. The maximum Gasteiger partial charge on any atom is 0.161 e. The highest BCUT2D eigenvalue weighted by Crippen LogP contribution is 2.30. The molecule has 1 aromatic carbocycles. The molecule has 4 nitrogen and oxygen atoms in total. The molecule has 0 aliphatic carbocycles. The van der Waals surface area contributed by atoms with Crippen LogP contribution in [0.2, 0.25) is 0 Å². The second kappa shape index (κ2) is 9.61. The van der Waals surface area contributed by atoms with Crippen molar-refractivity contribution >= 4 is 0 Å². The summed E-state index contributed by atoms with van der Waals surface area (Å²) in [5.74, 6) is 1.57. The summed E-state index contributed by atoms with van der Waals surface area (Å²) in [7, 11) is 3.37. The summed E-state index contributed by atoms with van der Waals surface area (Å²) < 4.78 is 16.1. The molecule has 0 amide bonds. The molecule has 0 saturated carbocycles. The Labute approximate surface area is 122 Å². The van der Waals surface area contributed by atoms with Crippen molar-refractivity contribution in [2.75, 3.05) is 34.0 Å². The fraction of sp³-hybridized carbons (Fsp3) is 0.625. The molecule has 0 aromatic heterocycles. The van der Waals surface area contributed by atoms with Gasteiger partial charge in [0, 0.05) is 26.2 Å². The first kappa shape index (κ1) is 16.8. The van der Waals surface area contributed by atoms with Crippen molar-refractivity contribution in [3.8, 4) is 11.5 Å². The minimum atomic E-state index is 0.311. The van der Waals surface area contributed by atoms with Crippen molar-refractivity contribution < 1.29 is 14.2 Å². The third-order valence-electron chi connectivity index (χ3n) is 3.14. The molecular weight excluding hydrogens is 254 g/mol. The van der Waals surface area contributed by atoms with E-state index in [2.05, 4.69) is 25.2 Å². The van der Waals surface area contributed by atoms with Gasteiger partial charge in [-0.2, -0.15) is 0 Å². The fourth-order valence-electron chi connectivity index (χ4n) is 1.94. The summed E-state index contributed by atoms with van der Waals surface area (Å²) in [6.07, 6.45) is 2.00. The second-order valence-electron chi connectivity index (χ2n) is 4.78. The standard InChI is InChI=1S/C16H27NO3/c1-5-9-17-13(2)14-7-8-15(16(12-14)19-4)20-11-6-10-18-3/h7-8,12-13,17H,5-6,9-11H2,1-4H3. The number of rotatable bonds is 10. The fourth-order valence-corrected chi connectivity index (χ4v) is 1.94. The van der Waals surface area contributed by atoms with Crippen LogP contribution in [0.5, 0.6) is 11.5 Å². The van der Waals surface area contributed by atoms with E-state index in [0.717, 1.165) is 30.9 Å². The Morgan fingerprint density at radius 1 is 1.15 bits per heavy atom. The molecule has 0 fully saturated rings. The van der Waals surface area contributed by atoms with E-state index in [1.54, 1.807) is 14.2 Å². The Bertz CT molecular complexity index is 382. The molecule has 0 heterocycles. The van der Waals surface area contributed by atoms with E-state index in [0.29, 0.717) is 19.3 Å². The predicted octanol–water partition coefficient (Wildman–Crippen LogP) is 3.17. The molecule has 0 aliphatic heterocycles. The van der Waals surface area contributed by atoms with E-state index in [1.807, 2.05) is 12.1 Å². The van der Waals surface area contributed by atoms with Crippen LogP contribution in [0.1, 0.15) is 38.3 Å². The third-order valence-corrected chi connectivity index (χ3v) is 3.14. The van der Waals surface area contributed by atoms with Crippen LogP contribution in [0, 0.1) is 0 Å². The lowest BCUT2D eigenvalue weighted by molar-refractivity contribution is 0.170. The van der Waals surface area contributed by atoms with Crippen LogP contribution < -0.4 is 14.8 Å². The van der Waals surface area contributed by atoms with E-state index in [1.165, 1.54) is 5.56 Å². The van der Waals surface area contributed by atoms with Crippen LogP contribution in [0.25, 0.3) is 0 Å². The van der Waals surface area contributed by atoms with Crippen LogP contribution in [-0.4, -0.2) is 34.0 Å². The normalized spacial score (nSPS) is 12.2. The predicted molar refractivity (Wildman–Crippen MR) is 81.7 cm³/mol. The number of hydrogen-bond donors (Lipinski definition) is 1. The zero-order chi connectivity index (χ0) is 14.8. The Hall–Kier alpha value is -1.26. The first-order valence-corrected chi connectivity index (χ1v) is 7.26. The second-order valence-corrected chi connectivity index (χ2v) is 4.78.